The molecule has 0 aliphatic heterocycles. The number of pyridine rings is 1. The van der Waals surface area contributed by atoms with Crippen LogP contribution in [-0.2, 0) is 4.79 Å². The SMILES string of the molecule is COc1ccc(NC(=O)C(Sc2nnc(-c3ccncc3)n2C2CC2)c2ccccc2)cc1Cl. The van der Waals surface area contributed by atoms with Crippen LogP contribution in [0.1, 0.15) is 29.7 Å². The maximum Gasteiger partial charge on any atom is 0.242 e. The highest BCUT2D eigenvalue weighted by Crippen LogP contribution is 2.44. The molecule has 2 aromatic carbocycles. The lowest BCUT2D eigenvalue weighted by Gasteiger charge is -2.18. The van der Waals surface area contributed by atoms with Crippen LogP contribution in [0.15, 0.2) is 78.2 Å². The largest absolute Gasteiger partial charge is 0.495 e. The summed E-state index contributed by atoms with van der Waals surface area (Å²) in [4.78, 5) is 17.6. The molecule has 0 bridgehead atoms. The van der Waals surface area contributed by atoms with Crippen LogP contribution in [0.4, 0.5) is 5.69 Å². The van der Waals surface area contributed by atoms with Crippen LogP contribution in [0.3, 0.4) is 0 Å². The Kier molecular flexibility index (Phi) is 6.51. The van der Waals surface area contributed by atoms with Crippen molar-refractivity contribution in [2.75, 3.05) is 12.4 Å². The van der Waals surface area contributed by atoms with E-state index >= 15 is 0 Å². The second-order valence-corrected chi connectivity index (χ2v) is 9.37. The van der Waals surface area contributed by atoms with Gasteiger partial charge in [-0.15, -0.1) is 10.2 Å². The van der Waals surface area contributed by atoms with Crippen LogP contribution in [0.2, 0.25) is 5.02 Å². The topological polar surface area (TPSA) is 81.9 Å². The molecule has 34 heavy (non-hydrogen) atoms. The standard InChI is InChI=1S/C25H22ClN5O2S/c1-33-21-10-7-18(15-20(21)26)28-24(32)22(16-5-3-2-4-6-16)34-25-30-29-23(31(25)19-8-9-19)17-11-13-27-14-12-17/h2-7,10-15,19,22H,8-9H2,1H3,(H,28,32). The van der Waals surface area contributed by atoms with Crippen LogP contribution in [-0.4, -0.2) is 32.8 Å². The number of benzene rings is 2. The molecular weight excluding hydrogens is 470 g/mol. The summed E-state index contributed by atoms with van der Waals surface area (Å²) in [6.07, 6.45) is 5.62. The van der Waals surface area contributed by atoms with Gasteiger partial charge in [0.15, 0.2) is 11.0 Å². The maximum absolute atomic E-state index is 13.5. The van der Waals surface area contributed by atoms with Gasteiger partial charge in [-0.3, -0.25) is 14.3 Å². The third-order valence-electron chi connectivity index (χ3n) is 5.50. The van der Waals surface area contributed by atoms with E-state index in [9.17, 15) is 4.79 Å². The fraction of sp³-hybridized carbons (Fsp3) is 0.200. The molecule has 9 heteroatoms. The van der Waals surface area contributed by atoms with Gasteiger partial charge < -0.3 is 10.1 Å². The summed E-state index contributed by atoms with van der Waals surface area (Å²) in [5, 5.41) is 12.6. The van der Waals surface area contributed by atoms with Gasteiger partial charge in [-0.1, -0.05) is 53.7 Å². The first-order chi connectivity index (χ1) is 16.6. The van der Waals surface area contributed by atoms with Gasteiger partial charge in [-0.2, -0.15) is 0 Å². The zero-order valence-corrected chi connectivity index (χ0v) is 20.0. The number of aromatic nitrogens is 4. The molecule has 0 spiro atoms. The number of carbonyl (C=O) groups is 1. The lowest BCUT2D eigenvalue weighted by Crippen LogP contribution is -2.19. The van der Waals surface area contributed by atoms with Crippen molar-refractivity contribution in [1.82, 2.24) is 19.7 Å². The van der Waals surface area contributed by atoms with Crippen molar-refractivity contribution in [3.8, 4) is 17.1 Å². The summed E-state index contributed by atoms with van der Waals surface area (Å²) in [5.74, 6) is 1.17. The van der Waals surface area contributed by atoms with E-state index in [1.165, 1.54) is 11.8 Å². The first-order valence-electron chi connectivity index (χ1n) is 10.9. The molecule has 5 rings (SSSR count). The molecule has 1 amide bonds. The number of carbonyl (C=O) groups excluding carboxylic acids is 1. The van der Waals surface area contributed by atoms with Gasteiger partial charge in [0.2, 0.25) is 5.91 Å². The molecule has 1 fully saturated rings. The van der Waals surface area contributed by atoms with Gasteiger partial charge in [0.05, 0.1) is 12.1 Å². The van der Waals surface area contributed by atoms with Crippen molar-refractivity contribution in [2.24, 2.45) is 0 Å². The van der Waals surface area contributed by atoms with Crippen LogP contribution in [0.25, 0.3) is 11.4 Å². The Balaban J connectivity index is 1.46. The minimum absolute atomic E-state index is 0.173. The number of thioether (sulfide) groups is 1. The number of methoxy groups -OCH3 is 1. The van der Waals surface area contributed by atoms with E-state index in [4.69, 9.17) is 16.3 Å². The average molecular weight is 492 g/mol. The Morgan fingerprint density at radius 1 is 1.12 bits per heavy atom. The van der Waals surface area contributed by atoms with Gasteiger partial charge in [-0.25, -0.2) is 0 Å². The Morgan fingerprint density at radius 3 is 2.56 bits per heavy atom. The molecule has 1 unspecified atom stereocenters. The Morgan fingerprint density at radius 2 is 1.88 bits per heavy atom. The lowest BCUT2D eigenvalue weighted by atomic mass is 10.1. The van der Waals surface area contributed by atoms with E-state index < -0.39 is 5.25 Å². The van der Waals surface area contributed by atoms with Crippen LogP contribution in [0, 0.1) is 0 Å². The molecule has 1 aliphatic carbocycles. The highest BCUT2D eigenvalue weighted by atomic mass is 35.5. The van der Waals surface area contributed by atoms with Gasteiger partial charge in [0.1, 0.15) is 11.0 Å². The molecular formula is C25H22ClN5O2S. The van der Waals surface area contributed by atoms with Crippen molar-refractivity contribution >= 4 is 35.0 Å². The zero-order chi connectivity index (χ0) is 23.5. The highest BCUT2D eigenvalue weighted by molar-refractivity contribution is 8.00. The lowest BCUT2D eigenvalue weighted by molar-refractivity contribution is -0.115. The van der Waals surface area contributed by atoms with Crippen molar-refractivity contribution in [2.45, 2.75) is 29.3 Å². The fourth-order valence-corrected chi connectivity index (χ4v) is 5.04. The third kappa shape index (κ3) is 4.78. The number of hydrogen-bond acceptors (Lipinski definition) is 6. The van der Waals surface area contributed by atoms with Crippen LogP contribution in [0.5, 0.6) is 5.75 Å². The fourth-order valence-electron chi connectivity index (χ4n) is 3.68. The van der Waals surface area contributed by atoms with Gasteiger partial charge >= 0.3 is 0 Å². The molecule has 4 aromatic rings. The quantitative estimate of drug-likeness (QED) is 0.313. The van der Waals surface area contributed by atoms with Crippen LogP contribution < -0.4 is 10.1 Å². The normalized spacial score (nSPS) is 13.9. The predicted octanol–water partition coefficient (Wildman–Crippen LogP) is 5.81. The first kappa shape index (κ1) is 22.4. The zero-order valence-electron chi connectivity index (χ0n) is 18.4. The number of nitrogens with one attached hydrogen (secondary N) is 1. The maximum atomic E-state index is 13.5. The number of ether oxygens (including phenoxy) is 1. The van der Waals surface area contributed by atoms with E-state index in [2.05, 4.69) is 25.1 Å². The predicted molar refractivity (Wildman–Crippen MR) is 133 cm³/mol. The molecule has 2 heterocycles. The second-order valence-electron chi connectivity index (χ2n) is 7.89. The smallest absolute Gasteiger partial charge is 0.242 e. The number of amides is 1. The third-order valence-corrected chi connectivity index (χ3v) is 7.00. The van der Waals surface area contributed by atoms with E-state index in [-0.39, 0.29) is 5.91 Å². The Hall–Kier alpha value is -3.36. The van der Waals surface area contributed by atoms with Gasteiger partial charge in [0.25, 0.3) is 0 Å². The van der Waals surface area contributed by atoms with E-state index in [0.29, 0.717) is 27.7 Å². The average Bonchev–Trinajstić information content (AvgIpc) is 3.62. The summed E-state index contributed by atoms with van der Waals surface area (Å²) in [5.41, 5.74) is 2.42. The number of hydrogen-bond donors (Lipinski definition) is 1. The summed E-state index contributed by atoms with van der Waals surface area (Å²) < 4.78 is 7.36. The van der Waals surface area contributed by atoms with Crippen molar-refractivity contribution in [1.29, 1.82) is 0 Å². The van der Waals surface area contributed by atoms with Gasteiger partial charge in [-0.05, 0) is 48.7 Å². The summed E-state index contributed by atoms with van der Waals surface area (Å²) in [7, 11) is 1.55. The minimum Gasteiger partial charge on any atom is -0.495 e. The van der Waals surface area contributed by atoms with E-state index in [1.807, 2.05) is 42.5 Å². The summed E-state index contributed by atoms with van der Waals surface area (Å²) >= 11 is 7.65. The molecule has 1 N–H and O–H groups in total. The minimum atomic E-state index is -0.533. The number of nitrogens with zero attached hydrogens (tertiary/aromatic N) is 4. The Bertz CT molecular complexity index is 1300. The molecule has 1 aliphatic rings. The summed E-state index contributed by atoms with van der Waals surface area (Å²) in [6.45, 7) is 0. The second kappa shape index (κ2) is 9.87. The molecule has 2 aromatic heterocycles. The number of anilines is 1. The van der Waals surface area contributed by atoms with Crippen LogP contribution >= 0.6 is 23.4 Å². The summed E-state index contributed by atoms with van der Waals surface area (Å²) in [6, 6.07) is 19.0. The molecule has 1 saturated carbocycles. The van der Waals surface area contributed by atoms with E-state index in [0.717, 1.165) is 29.8 Å². The molecule has 0 radical (unpaired) electrons. The molecule has 7 nitrogen and oxygen atoms in total. The molecule has 1 atom stereocenters. The van der Waals surface area contributed by atoms with Crippen molar-refractivity contribution in [3.63, 3.8) is 0 Å². The van der Waals surface area contributed by atoms with Crippen molar-refractivity contribution < 1.29 is 9.53 Å². The first-order valence-corrected chi connectivity index (χ1v) is 12.1. The molecule has 172 valence electrons. The number of rotatable bonds is 8. The van der Waals surface area contributed by atoms with Gasteiger partial charge in [0, 0.05) is 29.7 Å². The monoisotopic (exact) mass is 491 g/mol. The molecule has 0 saturated heterocycles. The highest BCUT2D eigenvalue weighted by Gasteiger charge is 2.33. The van der Waals surface area contributed by atoms with Crippen molar-refractivity contribution in [3.05, 3.63) is 83.6 Å². The Labute approximate surface area is 206 Å². The van der Waals surface area contributed by atoms with E-state index in [1.54, 1.807) is 37.7 Å². The number of halogens is 1.